The molecule has 73 heavy (non-hydrogen) atoms. The van der Waals surface area contributed by atoms with Gasteiger partial charge in [-0.05, 0) is 94.5 Å². The monoisotopic (exact) mass is 928 g/mol. The van der Waals surface area contributed by atoms with E-state index in [1.54, 1.807) is 60.7 Å². The number of nitriles is 4. The maximum absolute atomic E-state index is 10.9. The van der Waals surface area contributed by atoms with E-state index in [0.717, 1.165) is 55.2 Å². The minimum atomic E-state index is 0.242. The molecule has 0 unspecified atom stereocenters. The van der Waals surface area contributed by atoms with Gasteiger partial charge in [0, 0.05) is 49.7 Å². The Morgan fingerprint density at radius 3 is 1.29 bits per heavy atom. The number of hydrogen-bond acceptors (Lipinski definition) is 7. The molecule has 0 aliphatic heterocycles. The lowest BCUT2D eigenvalue weighted by atomic mass is 9.88. The normalized spacial score (nSPS) is 10.7. The van der Waals surface area contributed by atoms with Crippen LogP contribution in [0.15, 0.2) is 194 Å². The first-order chi connectivity index (χ1) is 35.9. The number of hydrogen-bond donors (Lipinski definition) is 0. The van der Waals surface area contributed by atoms with E-state index in [4.69, 9.17) is 28.1 Å². The molecular weight excluding hydrogens is 897 g/mol. The maximum atomic E-state index is 10.9. The molecular formula is C63H32N10. The second kappa shape index (κ2) is 18.7. The number of fused-ring (bicyclic) bond motifs is 3. The van der Waals surface area contributed by atoms with Gasteiger partial charge in [0.05, 0.1) is 70.8 Å². The molecule has 9 aromatic carbocycles. The molecule has 0 N–H and O–H groups in total. The van der Waals surface area contributed by atoms with Gasteiger partial charge in [-0.3, -0.25) is 0 Å². The minimum absolute atomic E-state index is 0.242. The Kier molecular flexibility index (Phi) is 11.3. The standard InChI is InChI=1S/C63H32N10/c1-68-50-22-18-42(19-23-50)46-21-28-59-55(32-46)54-31-45(41-16-13-39(35-64)14-17-41)20-27-58(54)73(59)60-56(52-25-15-40(36-65)29-48(52)37-66)33-47(34-57(60)53-26-24-51(69-2)30-49(53)38-67)63-71-61(43-9-5-3-6-10-43)70-62(72-63)44-11-7-4-8-12-44/h3-34H. The molecule has 0 radical (unpaired) electrons. The summed E-state index contributed by atoms with van der Waals surface area (Å²) in [6.45, 7) is 15.4. The van der Waals surface area contributed by atoms with Gasteiger partial charge in [-0.1, -0.05) is 127 Å². The highest BCUT2D eigenvalue weighted by molar-refractivity contribution is 6.13. The van der Waals surface area contributed by atoms with E-state index < -0.39 is 0 Å². The van der Waals surface area contributed by atoms with Crippen molar-refractivity contribution in [2.24, 2.45) is 0 Å². The predicted molar refractivity (Wildman–Crippen MR) is 284 cm³/mol. The lowest BCUT2D eigenvalue weighted by molar-refractivity contribution is 1.07. The van der Waals surface area contributed by atoms with E-state index in [1.165, 1.54) is 0 Å². The van der Waals surface area contributed by atoms with Crippen molar-refractivity contribution in [2.75, 3.05) is 0 Å². The molecule has 0 amide bonds. The van der Waals surface area contributed by atoms with Crippen LogP contribution in [-0.4, -0.2) is 19.5 Å². The van der Waals surface area contributed by atoms with E-state index in [0.29, 0.717) is 73.5 Å². The van der Waals surface area contributed by atoms with Gasteiger partial charge in [0.25, 0.3) is 0 Å². The van der Waals surface area contributed by atoms with Crippen molar-refractivity contribution in [3.8, 4) is 109 Å². The third-order valence-corrected chi connectivity index (χ3v) is 12.8. The van der Waals surface area contributed by atoms with Crippen LogP contribution in [0.3, 0.4) is 0 Å². The van der Waals surface area contributed by atoms with Crippen molar-refractivity contribution in [2.45, 2.75) is 0 Å². The fraction of sp³-hybridized carbons (Fsp3) is 0. The Bertz CT molecular complexity index is 4040. The lowest BCUT2D eigenvalue weighted by Gasteiger charge is -2.22. The molecule has 10 nitrogen and oxygen atoms in total. The van der Waals surface area contributed by atoms with Gasteiger partial charge in [-0.15, -0.1) is 0 Å². The third-order valence-electron chi connectivity index (χ3n) is 12.8. The van der Waals surface area contributed by atoms with Crippen molar-refractivity contribution in [3.63, 3.8) is 0 Å². The maximum Gasteiger partial charge on any atom is 0.188 e. The topological polar surface area (TPSA) is 147 Å². The third kappa shape index (κ3) is 8.11. The van der Waals surface area contributed by atoms with Crippen LogP contribution in [0.5, 0.6) is 0 Å². The molecule has 0 fully saturated rings. The van der Waals surface area contributed by atoms with E-state index in [-0.39, 0.29) is 11.1 Å². The summed E-state index contributed by atoms with van der Waals surface area (Å²) in [5.74, 6) is 1.20. The molecule has 0 atom stereocenters. The molecule has 0 saturated carbocycles. The van der Waals surface area contributed by atoms with Gasteiger partial charge in [0.2, 0.25) is 0 Å². The van der Waals surface area contributed by atoms with E-state index in [9.17, 15) is 21.0 Å². The van der Waals surface area contributed by atoms with E-state index in [1.807, 2.05) is 109 Å². The Balaban J connectivity index is 1.30. The van der Waals surface area contributed by atoms with Crippen molar-refractivity contribution < 1.29 is 0 Å². The predicted octanol–water partition coefficient (Wildman–Crippen LogP) is 15.2. The molecule has 0 spiro atoms. The summed E-state index contributed by atoms with van der Waals surface area (Å²) in [4.78, 5) is 22.5. The summed E-state index contributed by atoms with van der Waals surface area (Å²) in [6.07, 6.45) is 0. The highest BCUT2D eigenvalue weighted by Gasteiger charge is 2.26. The van der Waals surface area contributed by atoms with E-state index >= 15 is 0 Å². The van der Waals surface area contributed by atoms with Gasteiger partial charge in [-0.2, -0.15) is 21.0 Å². The van der Waals surface area contributed by atoms with Crippen molar-refractivity contribution in [1.82, 2.24) is 19.5 Å². The first-order valence-electron chi connectivity index (χ1n) is 22.9. The van der Waals surface area contributed by atoms with Gasteiger partial charge < -0.3 is 4.57 Å². The summed E-state index contributed by atoms with van der Waals surface area (Å²) in [5, 5.41) is 43.4. The largest absolute Gasteiger partial charge is 0.308 e. The quantitative estimate of drug-likeness (QED) is 0.138. The molecule has 0 bridgehead atoms. The number of rotatable bonds is 8. The highest BCUT2D eigenvalue weighted by atomic mass is 15.0. The summed E-state index contributed by atoms with van der Waals surface area (Å²) in [6, 6.07) is 69.8. The second-order valence-electron chi connectivity index (χ2n) is 17.0. The molecule has 0 aliphatic rings. The smallest absolute Gasteiger partial charge is 0.188 e. The van der Waals surface area contributed by atoms with Crippen molar-refractivity contribution in [1.29, 1.82) is 21.0 Å². The summed E-state index contributed by atoms with van der Waals surface area (Å²) < 4.78 is 2.15. The summed E-state index contributed by atoms with van der Waals surface area (Å²) >= 11 is 0. The molecule has 2 aromatic heterocycles. The Hall–Kier alpha value is -11.3. The van der Waals surface area contributed by atoms with Crippen LogP contribution in [0.1, 0.15) is 22.3 Å². The molecule has 2 heterocycles. The molecule has 10 heteroatoms. The Labute approximate surface area is 419 Å². The molecule has 0 saturated heterocycles. The van der Waals surface area contributed by atoms with Crippen molar-refractivity contribution in [3.05, 3.63) is 239 Å². The summed E-state index contributed by atoms with van der Waals surface area (Å²) in [5.41, 5.74) is 12.3. The van der Waals surface area contributed by atoms with E-state index in [2.05, 4.69) is 62.8 Å². The van der Waals surface area contributed by atoms with Gasteiger partial charge in [0.1, 0.15) is 0 Å². The van der Waals surface area contributed by atoms with Gasteiger partial charge in [0.15, 0.2) is 28.8 Å². The average Bonchev–Trinajstić information content (AvgIpc) is 3.79. The van der Waals surface area contributed by atoms with Crippen LogP contribution in [0.25, 0.3) is 116 Å². The van der Waals surface area contributed by atoms with Crippen LogP contribution in [0, 0.1) is 58.5 Å². The van der Waals surface area contributed by atoms with Crippen LogP contribution in [-0.2, 0) is 0 Å². The first-order valence-corrected chi connectivity index (χ1v) is 22.9. The highest BCUT2D eigenvalue weighted by Crippen LogP contribution is 2.47. The van der Waals surface area contributed by atoms with Crippen LogP contribution in [0.4, 0.5) is 11.4 Å². The van der Waals surface area contributed by atoms with Gasteiger partial charge >= 0.3 is 0 Å². The lowest BCUT2D eigenvalue weighted by Crippen LogP contribution is -2.05. The molecule has 334 valence electrons. The van der Waals surface area contributed by atoms with Crippen LogP contribution >= 0.6 is 0 Å². The van der Waals surface area contributed by atoms with Crippen LogP contribution < -0.4 is 0 Å². The van der Waals surface area contributed by atoms with Crippen molar-refractivity contribution >= 4 is 33.2 Å². The zero-order chi connectivity index (χ0) is 50.0. The van der Waals surface area contributed by atoms with Crippen LogP contribution in [0.2, 0.25) is 0 Å². The number of nitrogens with zero attached hydrogens (tertiary/aromatic N) is 10. The average molecular weight is 929 g/mol. The van der Waals surface area contributed by atoms with Gasteiger partial charge in [-0.25, -0.2) is 24.6 Å². The first kappa shape index (κ1) is 44.2. The second-order valence-corrected chi connectivity index (χ2v) is 17.0. The number of aromatic nitrogens is 4. The zero-order valence-corrected chi connectivity index (χ0v) is 38.4. The fourth-order valence-electron chi connectivity index (χ4n) is 9.31. The number of benzene rings is 9. The molecule has 11 rings (SSSR count). The summed E-state index contributed by atoms with van der Waals surface area (Å²) in [7, 11) is 0. The Morgan fingerprint density at radius 1 is 0.356 bits per heavy atom. The molecule has 0 aliphatic carbocycles. The minimum Gasteiger partial charge on any atom is -0.308 e. The SMILES string of the molecule is [C-]#[N+]c1ccc(-c2ccc3c(c2)c2cc(-c4ccc(C#N)cc4)ccc2n3-c2c(-c3ccc(C#N)cc3C#N)cc(-c3nc(-c4ccccc4)nc(-c4ccccc4)n3)cc2-c2ccc([N+]#[C-])cc2C#N)cc1. The Morgan fingerprint density at radius 2 is 0.795 bits per heavy atom. The molecule has 11 aromatic rings. The fourth-order valence-corrected chi connectivity index (χ4v) is 9.31. The zero-order valence-electron chi connectivity index (χ0n) is 38.4.